The lowest BCUT2D eigenvalue weighted by molar-refractivity contribution is 0.950. The van der Waals surface area contributed by atoms with E-state index in [1.165, 1.54) is 22.4 Å². The molecular formula is C25H25N. The summed E-state index contributed by atoms with van der Waals surface area (Å²) in [5.41, 5.74) is 8.58. The zero-order valence-corrected chi connectivity index (χ0v) is 15.4. The van der Waals surface area contributed by atoms with E-state index < -0.39 is 0 Å². The number of aryl methyl sites for hydroxylation is 1. The zero-order valence-electron chi connectivity index (χ0n) is 15.4. The molecule has 0 amide bonds. The van der Waals surface area contributed by atoms with Gasteiger partial charge in [0.25, 0.3) is 0 Å². The van der Waals surface area contributed by atoms with Crippen molar-refractivity contribution < 1.29 is 0 Å². The predicted molar refractivity (Wildman–Crippen MR) is 111 cm³/mol. The van der Waals surface area contributed by atoms with Crippen LogP contribution in [-0.2, 0) is 12.8 Å². The van der Waals surface area contributed by atoms with Crippen molar-refractivity contribution in [3.63, 3.8) is 0 Å². The minimum absolute atomic E-state index is 1.03. The standard InChI is InChI=1S/C25H25N/c1-20-12-14-25(15-13-20)26-18-23(16-21-8-4-2-5-9-21)24(19-26)17-22-10-6-3-7-11-22/h2-15H,16-19H2,1H3. The van der Waals surface area contributed by atoms with Crippen LogP contribution in [0.4, 0.5) is 5.69 Å². The Balaban J connectivity index is 1.59. The minimum atomic E-state index is 1.03. The van der Waals surface area contributed by atoms with Gasteiger partial charge in [-0.2, -0.15) is 0 Å². The second kappa shape index (κ2) is 7.61. The van der Waals surface area contributed by atoms with E-state index in [1.807, 2.05) is 0 Å². The van der Waals surface area contributed by atoms with Crippen LogP contribution >= 0.6 is 0 Å². The number of anilines is 1. The van der Waals surface area contributed by atoms with E-state index >= 15 is 0 Å². The Morgan fingerprint density at radius 1 is 0.615 bits per heavy atom. The summed E-state index contributed by atoms with van der Waals surface area (Å²) >= 11 is 0. The molecule has 1 heteroatoms. The first kappa shape index (κ1) is 16.7. The maximum atomic E-state index is 2.51. The molecule has 0 unspecified atom stereocenters. The highest BCUT2D eigenvalue weighted by molar-refractivity contribution is 5.54. The summed E-state index contributed by atoms with van der Waals surface area (Å²) in [6.45, 7) is 4.20. The molecule has 0 fully saturated rings. The van der Waals surface area contributed by atoms with E-state index in [-0.39, 0.29) is 0 Å². The van der Waals surface area contributed by atoms with Crippen LogP contribution in [0.5, 0.6) is 0 Å². The average Bonchev–Trinajstić information content (AvgIpc) is 3.06. The van der Waals surface area contributed by atoms with Crippen molar-refractivity contribution in [3.8, 4) is 0 Å². The largest absolute Gasteiger partial charge is 0.363 e. The van der Waals surface area contributed by atoms with Crippen molar-refractivity contribution in [2.45, 2.75) is 19.8 Å². The Bertz CT molecular complexity index is 823. The fraction of sp³-hybridized carbons (Fsp3) is 0.200. The third-order valence-electron chi connectivity index (χ3n) is 5.18. The van der Waals surface area contributed by atoms with Crippen molar-refractivity contribution in [3.05, 3.63) is 113 Å². The molecule has 0 saturated carbocycles. The van der Waals surface area contributed by atoms with Gasteiger partial charge in [0.2, 0.25) is 0 Å². The fourth-order valence-corrected chi connectivity index (χ4v) is 3.72. The van der Waals surface area contributed by atoms with Gasteiger partial charge in [0, 0.05) is 18.8 Å². The first-order chi connectivity index (χ1) is 12.8. The van der Waals surface area contributed by atoms with E-state index in [0.717, 1.165) is 25.9 Å². The van der Waals surface area contributed by atoms with E-state index in [2.05, 4.69) is 96.8 Å². The highest BCUT2D eigenvalue weighted by Crippen LogP contribution is 2.29. The molecule has 26 heavy (non-hydrogen) atoms. The lowest BCUT2D eigenvalue weighted by Crippen LogP contribution is -2.21. The molecule has 1 nitrogen and oxygen atoms in total. The van der Waals surface area contributed by atoms with Crippen LogP contribution in [0.1, 0.15) is 16.7 Å². The highest BCUT2D eigenvalue weighted by atomic mass is 15.1. The van der Waals surface area contributed by atoms with Crippen LogP contribution in [0.3, 0.4) is 0 Å². The number of nitrogens with zero attached hydrogens (tertiary/aromatic N) is 1. The van der Waals surface area contributed by atoms with Gasteiger partial charge in [-0.05, 0) is 54.2 Å². The molecule has 0 bridgehead atoms. The van der Waals surface area contributed by atoms with Crippen LogP contribution in [0.2, 0.25) is 0 Å². The van der Waals surface area contributed by atoms with E-state index in [9.17, 15) is 0 Å². The summed E-state index contributed by atoms with van der Waals surface area (Å²) in [7, 11) is 0. The average molecular weight is 339 g/mol. The number of hydrogen-bond donors (Lipinski definition) is 0. The van der Waals surface area contributed by atoms with Gasteiger partial charge in [0.1, 0.15) is 0 Å². The first-order valence-electron chi connectivity index (χ1n) is 9.37. The Labute approximate surface area is 156 Å². The van der Waals surface area contributed by atoms with E-state index in [4.69, 9.17) is 0 Å². The monoisotopic (exact) mass is 339 g/mol. The van der Waals surface area contributed by atoms with Gasteiger partial charge in [-0.1, -0.05) is 78.4 Å². The molecule has 0 atom stereocenters. The molecule has 0 radical (unpaired) electrons. The first-order valence-corrected chi connectivity index (χ1v) is 9.37. The summed E-state index contributed by atoms with van der Waals surface area (Å²) in [5, 5.41) is 0. The van der Waals surface area contributed by atoms with Crippen LogP contribution < -0.4 is 4.90 Å². The molecule has 3 aromatic carbocycles. The quantitative estimate of drug-likeness (QED) is 0.547. The van der Waals surface area contributed by atoms with Crippen molar-refractivity contribution in [2.75, 3.05) is 18.0 Å². The molecule has 0 aromatic heterocycles. The van der Waals surface area contributed by atoms with Crippen molar-refractivity contribution in [1.82, 2.24) is 0 Å². The minimum Gasteiger partial charge on any atom is -0.363 e. The van der Waals surface area contributed by atoms with Gasteiger partial charge in [0.15, 0.2) is 0 Å². The summed E-state index contributed by atoms with van der Waals surface area (Å²) in [5.74, 6) is 0. The number of hydrogen-bond acceptors (Lipinski definition) is 1. The Morgan fingerprint density at radius 3 is 1.54 bits per heavy atom. The van der Waals surface area contributed by atoms with Gasteiger partial charge in [-0.15, -0.1) is 0 Å². The molecule has 0 spiro atoms. The maximum absolute atomic E-state index is 2.51. The molecule has 0 aliphatic carbocycles. The van der Waals surface area contributed by atoms with Crippen molar-refractivity contribution in [1.29, 1.82) is 0 Å². The Hall–Kier alpha value is -2.80. The third kappa shape index (κ3) is 3.88. The molecule has 0 saturated heterocycles. The summed E-state index contributed by atoms with van der Waals surface area (Å²) in [6, 6.07) is 30.6. The molecule has 1 aliphatic heterocycles. The Kier molecular flexibility index (Phi) is 4.88. The van der Waals surface area contributed by atoms with Gasteiger partial charge in [0.05, 0.1) is 0 Å². The summed E-state index contributed by atoms with van der Waals surface area (Å²) < 4.78 is 0. The second-order valence-corrected chi connectivity index (χ2v) is 7.22. The van der Waals surface area contributed by atoms with Crippen molar-refractivity contribution >= 4 is 5.69 Å². The van der Waals surface area contributed by atoms with Crippen LogP contribution in [-0.4, -0.2) is 13.1 Å². The smallest absolute Gasteiger partial charge is 0.0399 e. The van der Waals surface area contributed by atoms with Gasteiger partial charge in [-0.25, -0.2) is 0 Å². The third-order valence-corrected chi connectivity index (χ3v) is 5.18. The number of rotatable bonds is 5. The lowest BCUT2D eigenvalue weighted by atomic mass is 9.97. The lowest BCUT2D eigenvalue weighted by Gasteiger charge is -2.19. The van der Waals surface area contributed by atoms with Crippen molar-refractivity contribution in [2.24, 2.45) is 0 Å². The topological polar surface area (TPSA) is 3.24 Å². The maximum Gasteiger partial charge on any atom is 0.0399 e. The van der Waals surface area contributed by atoms with Gasteiger partial charge >= 0.3 is 0 Å². The summed E-state index contributed by atoms with van der Waals surface area (Å²) in [4.78, 5) is 2.51. The molecule has 1 heterocycles. The SMILES string of the molecule is Cc1ccc(N2CC(Cc3ccccc3)=C(Cc3ccccc3)C2)cc1. The molecule has 4 rings (SSSR count). The molecular weight excluding hydrogens is 314 g/mol. The highest BCUT2D eigenvalue weighted by Gasteiger charge is 2.22. The molecule has 130 valence electrons. The zero-order chi connectivity index (χ0) is 17.8. The number of benzene rings is 3. The molecule has 0 N–H and O–H groups in total. The van der Waals surface area contributed by atoms with Crippen LogP contribution in [0.15, 0.2) is 96.1 Å². The Morgan fingerprint density at radius 2 is 1.08 bits per heavy atom. The van der Waals surface area contributed by atoms with Gasteiger partial charge in [-0.3, -0.25) is 0 Å². The normalized spacial score (nSPS) is 14.1. The van der Waals surface area contributed by atoms with Gasteiger partial charge < -0.3 is 4.90 Å². The van der Waals surface area contributed by atoms with E-state index in [1.54, 1.807) is 11.1 Å². The van der Waals surface area contributed by atoms with E-state index in [0.29, 0.717) is 0 Å². The summed E-state index contributed by atoms with van der Waals surface area (Å²) in [6.07, 6.45) is 2.09. The fourth-order valence-electron chi connectivity index (χ4n) is 3.72. The van der Waals surface area contributed by atoms with Crippen LogP contribution in [0, 0.1) is 6.92 Å². The van der Waals surface area contributed by atoms with Crippen LogP contribution in [0.25, 0.3) is 0 Å². The second-order valence-electron chi connectivity index (χ2n) is 7.22. The molecule has 3 aromatic rings. The molecule has 1 aliphatic rings. The predicted octanol–water partition coefficient (Wildman–Crippen LogP) is 5.60.